The number of rotatable bonds is 7. The van der Waals surface area contributed by atoms with E-state index in [4.69, 9.17) is 0 Å². The van der Waals surface area contributed by atoms with Gasteiger partial charge in [0.05, 0.1) is 11.0 Å². The predicted molar refractivity (Wildman–Crippen MR) is 245 cm³/mol. The quantitative estimate of drug-likeness (QED) is 0.158. The summed E-state index contributed by atoms with van der Waals surface area (Å²) < 4.78 is 5.07. The number of thiophene rings is 1. The number of para-hydroxylation sites is 2. The zero-order valence-corrected chi connectivity index (χ0v) is 31.9. The second-order valence-electron chi connectivity index (χ2n) is 14.6. The predicted octanol–water partition coefficient (Wildman–Crippen LogP) is 15.6. The fourth-order valence-corrected chi connectivity index (χ4v) is 9.70. The molecule has 0 atom stereocenters. The highest BCUT2D eigenvalue weighted by molar-refractivity contribution is 7.26. The van der Waals surface area contributed by atoms with E-state index in [1.165, 1.54) is 75.4 Å². The van der Waals surface area contributed by atoms with E-state index in [-0.39, 0.29) is 0 Å². The molecule has 0 N–H and O–H groups in total. The van der Waals surface area contributed by atoms with Crippen LogP contribution < -0.4 is 4.90 Å². The summed E-state index contributed by atoms with van der Waals surface area (Å²) in [6, 6.07) is 79.3. The van der Waals surface area contributed by atoms with Crippen molar-refractivity contribution in [1.29, 1.82) is 0 Å². The normalized spacial score (nSPS) is 11.5. The molecule has 2 heterocycles. The SMILES string of the molecule is c1ccc(-c2cccc(N(c3ccccc3)c3ccc(-c4cc(-n5c6ccccc6c6ccc(-c7ccccc7)cc65)cc5c4sc4ccccc45)cc3)c2)cc1. The Kier molecular flexibility index (Phi) is 8.04. The van der Waals surface area contributed by atoms with E-state index in [9.17, 15) is 0 Å². The summed E-state index contributed by atoms with van der Waals surface area (Å²) in [5.41, 5.74) is 14.1. The lowest BCUT2D eigenvalue weighted by Crippen LogP contribution is -2.09. The van der Waals surface area contributed by atoms with Crippen LogP contribution in [-0.4, -0.2) is 4.57 Å². The topological polar surface area (TPSA) is 8.17 Å². The Bertz CT molecular complexity index is 3220. The summed E-state index contributed by atoms with van der Waals surface area (Å²) >= 11 is 1.88. The molecule has 0 spiro atoms. The Balaban J connectivity index is 1.10. The minimum Gasteiger partial charge on any atom is -0.310 e. The van der Waals surface area contributed by atoms with E-state index in [1.54, 1.807) is 0 Å². The van der Waals surface area contributed by atoms with E-state index in [0.717, 1.165) is 22.7 Å². The van der Waals surface area contributed by atoms with Crippen LogP contribution in [-0.2, 0) is 0 Å². The number of anilines is 3. The Hall–Kier alpha value is -7.20. The van der Waals surface area contributed by atoms with Crippen molar-refractivity contribution in [3.63, 3.8) is 0 Å². The minimum atomic E-state index is 1.11. The maximum Gasteiger partial charge on any atom is 0.0547 e. The maximum atomic E-state index is 2.47. The third-order valence-corrected chi connectivity index (χ3v) is 12.4. The smallest absolute Gasteiger partial charge is 0.0547 e. The van der Waals surface area contributed by atoms with Gasteiger partial charge in [0.1, 0.15) is 0 Å². The molecule has 0 saturated heterocycles. The van der Waals surface area contributed by atoms with E-state index in [2.05, 4.69) is 228 Å². The maximum absolute atomic E-state index is 2.47. The van der Waals surface area contributed by atoms with Crippen molar-refractivity contribution in [2.24, 2.45) is 0 Å². The van der Waals surface area contributed by atoms with Crippen LogP contribution in [0, 0.1) is 0 Å². The van der Waals surface area contributed by atoms with Crippen LogP contribution in [0.3, 0.4) is 0 Å². The van der Waals surface area contributed by atoms with Crippen molar-refractivity contribution in [3.8, 4) is 39.1 Å². The second kappa shape index (κ2) is 13.8. The molecule has 0 aliphatic heterocycles. The number of fused-ring (bicyclic) bond motifs is 6. The van der Waals surface area contributed by atoms with Gasteiger partial charge in [0.25, 0.3) is 0 Å². The van der Waals surface area contributed by atoms with Crippen molar-refractivity contribution in [2.45, 2.75) is 0 Å². The fraction of sp³-hybridized carbons (Fsp3) is 0. The van der Waals surface area contributed by atoms with Crippen LogP contribution >= 0.6 is 11.3 Å². The Morgan fingerprint density at radius 1 is 0.333 bits per heavy atom. The van der Waals surface area contributed by atoms with Gasteiger partial charge in [-0.3, -0.25) is 0 Å². The molecule has 9 aromatic carbocycles. The summed E-state index contributed by atoms with van der Waals surface area (Å²) in [5, 5.41) is 5.08. The molecule has 0 bridgehead atoms. The molecule has 11 aromatic rings. The van der Waals surface area contributed by atoms with Gasteiger partial charge in [-0.2, -0.15) is 0 Å². The third-order valence-electron chi connectivity index (χ3n) is 11.2. The number of aromatic nitrogens is 1. The Morgan fingerprint density at radius 2 is 0.895 bits per heavy atom. The molecule has 0 aliphatic carbocycles. The number of hydrogen-bond donors (Lipinski definition) is 0. The van der Waals surface area contributed by atoms with Crippen LogP contribution in [0.5, 0.6) is 0 Å². The first-order chi connectivity index (χ1) is 28.3. The number of benzene rings is 9. The van der Waals surface area contributed by atoms with Gasteiger partial charge >= 0.3 is 0 Å². The molecule has 2 nitrogen and oxygen atoms in total. The summed E-state index contributed by atoms with van der Waals surface area (Å²) in [5.74, 6) is 0. The van der Waals surface area contributed by atoms with E-state index in [0.29, 0.717) is 0 Å². The lowest BCUT2D eigenvalue weighted by molar-refractivity contribution is 1.19. The first-order valence-corrected chi connectivity index (χ1v) is 20.2. The van der Waals surface area contributed by atoms with Crippen molar-refractivity contribution in [1.82, 2.24) is 4.57 Å². The molecular weight excluding hydrogens is 709 g/mol. The second-order valence-corrected chi connectivity index (χ2v) is 15.6. The average molecular weight is 745 g/mol. The third kappa shape index (κ3) is 5.80. The van der Waals surface area contributed by atoms with Crippen molar-refractivity contribution < 1.29 is 0 Å². The van der Waals surface area contributed by atoms with E-state index >= 15 is 0 Å². The van der Waals surface area contributed by atoms with Gasteiger partial charge in [-0.15, -0.1) is 11.3 Å². The first-order valence-electron chi connectivity index (χ1n) is 19.4. The van der Waals surface area contributed by atoms with Gasteiger partial charge in [0, 0.05) is 59.3 Å². The molecule has 268 valence electrons. The van der Waals surface area contributed by atoms with Crippen molar-refractivity contribution in [2.75, 3.05) is 4.90 Å². The molecule has 0 aliphatic rings. The molecule has 11 rings (SSSR count). The lowest BCUT2D eigenvalue weighted by atomic mass is 10.00. The minimum absolute atomic E-state index is 1.11. The molecule has 0 fully saturated rings. The molecule has 0 radical (unpaired) electrons. The number of hydrogen-bond acceptors (Lipinski definition) is 2. The highest BCUT2D eigenvalue weighted by Gasteiger charge is 2.19. The molecule has 2 aromatic heterocycles. The standard InChI is InChI=1S/C54H36N2S/c1-4-15-37(16-5-1)40-19-14-22-44(33-40)55(42-20-8-3-9-21-42)43-30-27-39(28-31-43)49-35-45(36-50-48-24-11-13-26-53(48)57-54(49)50)56-51-25-12-10-23-46(51)47-32-29-41(34-52(47)56)38-17-6-2-7-18-38/h1-36H. The zero-order valence-electron chi connectivity index (χ0n) is 31.1. The summed E-state index contributed by atoms with van der Waals surface area (Å²) in [4.78, 5) is 2.35. The highest BCUT2D eigenvalue weighted by Crippen LogP contribution is 2.45. The zero-order chi connectivity index (χ0) is 37.7. The summed E-state index contributed by atoms with van der Waals surface area (Å²) in [7, 11) is 0. The van der Waals surface area contributed by atoms with E-state index in [1.807, 2.05) is 11.3 Å². The summed E-state index contributed by atoms with van der Waals surface area (Å²) in [6.45, 7) is 0. The largest absolute Gasteiger partial charge is 0.310 e. The van der Waals surface area contributed by atoms with Crippen LogP contribution in [0.2, 0.25) is 0 Å². The van der Waals surface area contributed by atoms with Gasteiger partial charge in [-0.1, -0.05) is 152 Å². The Morgan fingerprint density at radius 3 is 1.65 bits per heavy atom. The van der Waals surface area contributed by atoms with Gasteiger partial charge in [0.2, 0.25) is 0 Å². The molecule has 3 heteroatoms. The molecule has 0 saturated carbocycles. The van der Waals surface area contributed by atoms with Crippen molar-refractivity contribution >= 4 is 70.4 Å². The monoisotopic (exact) mass is 744 g/mol. The molecule has 0 amide bonds. The van der Waals surface area contributed by atoms with Gasteiger partial charge in [-0.25, -0.2) is 0 Å². The van der Waals surface area contributed by atoms with Crippen LogP contribution in [0.1, 0.15) is 0 Å². The van der Waals surface area contributed by atoms with Crippen LogP contribution in [0.15, 0.2) is 218 Å². The molecule has 0 unspecified atom stereocenters. The van der Waals surface area contributed by atoms with Crippen molar-refractivity contribution in [3.05, 3.63) is 218 Å². The average Bonchev–Trinajstić information content (AvgIpc) is 3.83. The van der Waals surface area contributed by atoms with Gasteiger partial charge in [-0.05, 0) is 94.5 Å². The number of nitrogens with zero attached hydrogens (tertiary/aromatic N) is 2. The molecule has 57 heavy (non-hydrogen) atoms. The first kappa shape index (κ1) is 33.2. The van der Waals surface area contributed by atoms with Gasteiger partial charge < -0.3 is 9.47 Å². The highest BCUT2D eigenvalue weighted by atomic mass is 32.1. The van der Waals surface area contributed by atoms with E-state index < -0.39 is 0 Å². The molecular formula is C54H36N2S. The van der Waals surface area contributed by atoms with Crippen LogP contribution in [0.25, 0.3) is 81.0 Å². The Labute approximate surface area is 335 Å². The fourth-order valence-electron chi connectivity index (χ4n) is 8.48. The lowest BCUT2D eigenvalue weighted by Gasteiger charge is -2.26. The summed E-state index contributed by atoms with van der Waals surface area (Å²) in [6.07, 6.45) is 0. The van der Waals surface area contributed by atoms with Gasteiger partial charge in [0.15, 0.2) is 0 Å². The van der Waals surface area contributed by atoms with Crippen LogP contribution in [0.4, 0.5) is 17.1 Å².